The van der Waals surface area contributed by atoms with Gasteiger partial charge in [-0.2, -0.15) is 0 Å². The average molecular weight is 257 g/mol. The van der Waals surface area contributed by atoms with E-state index in [1.165, 1.54) is 0 Å². The van der Waals surface area contributed by atoms with Crippen molar-refractivity contribution in [3.05, 3.63) is 29.8 Å². The summed E-state index contributed by atoms with van der Waals surface area (Å²) in [5.74, 6) is 0.225. The Balaban J connectivity index is 2.95. The van der Waals surface area contributed by atoms with E-state index in [9.17, 15) is 8.42 Å². The van der Waals surface area contributed by atoms with Crippen LogP contribution in [-0.4, -0.2) is 34.4 Å². The van der Waals surface area contributed by atoms with Crippen LogP contribution in [0.5, 0.6) is 0 Å². The van der Waals surface area contributed by atoms with Crippen molar-refractivity contribution < 1.29 is 13.2 Å². The average Bonchev–Trinajstić information content (AvgIpc) is 2.36. The van der Waals surface area contributed by atoms with E-state index in [0.717, 1.165) is 5.56 Å². The Labute approximate surface area is 103 Å². The van der Waals surface area contributed by atoms with Crippen LogP contribution in [0.4, 0.5) is 0 Å². The van der Waals surface area contributed by atoms with Crippen LogP contribution < -0.4 is 5.73 Å². The highest BCUT2D eigenvalue weighted by molar-refractivity contribution is 7.91. The van der Waals surface area contributed by atoms with Crippen LogP contribution >= 0.6 is 0 Å². The van der Waals surface area contributed by atoms with E-state index < -0.39 is 9.84 Å². The molecule has 0 aliphatic carbocycles. The van der Waals surface area contributed by atoms with Crippen molar-refractivity contribution in [3.63, 3.8) is 0 Å². The summed E-state index contributed by atoms with van der Waals surface area (Å²) < 4.78 is 28.3. The number of nitrogens with two attached hydrogens (primary N) is 1. The first kappa shape index (κ1) is 14.2. The van der Waals surface area contributed by atoms with E-state index in [1.807, 2.05) is 0 Å². The molecule has 1 aromatic rings. The van der Waals surface area contributed by atoms with E-state index in [1.54, 1.807) is 38.3 Å². The van der Waals surface area contributed by atoms with Gasteiger partial charge in [0.2, 0.25) is 0 Å². The fourth-order valence-electron chi connectivity index (χ4n) is 1.62. The van der Waals surface area contributed by atoms with Crippen molar-refractivity contribution in [2.24, 2.45) is 5.73 Å². The lowest BCUT2D eigenvalue weighted by Crippen LogP contribution is -2.17. The molecule has 0 saturated heterocycles. The van der Waals surface area contributed by atoms with Crippen LogP contribution in [0.3, 0.4) is 0 Å². The molecule has 0 saturated carbocycles. The van der Waals surface area contributed by atoms with Crippen molar-refractivity contribution in [2.45, 2.75) is 17.7 Å². The minimum Gasteiger partial charge on any atom is -0.384 e. The van der Waals surface area contributed by atoms with Crippen molar-refractivity contribution in [1.82, 2.24) is 0 Å². The van der Waals surface area contributed by atoms with Gasteiger partial charge in [-0.1, -0.05) is 19.1 Å². The quantitative estimate of drug-likeness (QED) is 0.830. The molecule has 4 nitrogen and oxygen atoms in total. The molecule has 1 atom stereocenters. The first-order chi connectivity index (χ1) is 8.05. The predicted octanol–water partition coefficient (Wildman–Crippen LogP) is 1.17. The lowest BCUT2D eigenvalue weighted by molar-refractivity contribution is 0.181. The Morgan fingerprint density at radius 1 is 1.29 bits per heavy atom. The van der Waals surface area contributed by atoms with E-state index in [-0.39, 0.29) is 11.7 Å². The second kappa shape index (κ2) is 6.14. The fourth-order valence-corrected chi connectivity index (χ4v) is 2.50. The van der Waals surface area contributed by atoms with E-state index >= 15 is 0 Å². The third-order valence-electron chi connectivity index (χ3n) is 2.74. The molecule has 1 unspecified atom stereocenters. The van der Waals surface area contributed by atoms with Gasteiger partial charge in [-0.3, -0.25) is 0 Å². The summed E-state index contributed by atoms with van der Waals surface area (Å²) in [6, 6.07) is 6.87. The Kier molecular flexibility index (Phi) is 5.11. The molecule has 17 heavy (non-hydrogen) atoms. The highest BCUT2D eigenvalue weighted by atomic mass is 32.2. The summed E-state index contributed by atoms with van der Waals surface area (Å²) in [6.45, 7) is 2.65. The van der Waals surface area contributed by atoms with Crippen LogP contribution in [0, 0.1) is 0 Å². The van der Waals surface area contributed by atoms with Crippen LogP contribution in [0.1, 0.15) is 18.4 Å². The van der Waals surface area contributed by atoms with Crippen molar-refractivity contribution in [2.75, 3.05) is 26.0 Å². The highest BCUT2D eigenvalue weighted by Gasteiger charge is 2.13. The number of hydrogen-bond acceptors (Lipinski definition) is 4. The molecular formula is C12H19NO3S. The lowest BCUT2D eigenvalue weighted by Gasteiger charge is -2.14. The van der Waals surface area contributed by atoms with Gasteiger partial charge in [0, 0.05) is 19.6 Å². The molecule has 5 heteroatoms. The van der Waals surface area contributed by atoms with Gasteiger partial charge in [-0.15, -0.1) is 0 Å². The van der Waals surface area contributed by atoms with Gasteiger partial charge < -0.3 is 10.5 Å². The molecule has 1 rings (SSSR count). The molecule has 0 bridgehead atoms. The van der Waals surface area contributed by atoms with Gasteiger partial charge >= 0.3 is 0 Å². The van der Waals surface area contributed by atoms with Crippen LogP contribution in [0.25, 0.3) is 0 Å². The first-order valence-electron chi connectivity index (χ1n) is 5.56. The molecule has 0 aliphatic heterocycles. The highest BCUT2D eigenvalue weighted by Crippen LogP contribution is 2.18. The maximum absolute atomic E-state index is 11.6. The third-order valence-corrected chi connectivity index (χ3v) is 4.49. The number of hydrogen-bond donors (Lipinski definition) is 1. The SMILES string of the molecule is CCS(=O)(=O)c1ccc(C(CN)COC)cc1. The fraction of sp³-hybridized carbons (Fsp3) is 0.500. The number of rotatable bonds is 6. The van der Waals surface area contributed by atoms with Crippen LogP contribution in [-0.2, 0) is 14.6 Å². The van der Waals surface area contributed by atoms with Crippen LogP contribution in [0.2, 0.25) is 0 Å². The molecule has 0 amide bonds. The van der Waals surface area contributed by atoms with Gasteiger partial charge in [0.15, 0.2) is 9.84 Å². The Morgan fingerprint density at radius 2 is 1.88 bits per heavy atom. The maximum Gasteiger partial charge on any atom is 0.178 e. The second-order valence-electron chi connectivity index (χ2n) is 3.86. The van der Waals surface area contributed by atoms with Gasteiger partial charge in [-0.25, -0.2) is 8.42 Å². The molecule has 96 valence electrons. The minimum atomic E-state index is -3.12. The van der Waals surface area contributed by atoms with Crippen molar-refractivity contribution in [1.29, 1.82) is 0 Å². The Morgan fingerprint density at radius 3 is 2.29 bits per heavy atom. The lowest BCUT2D eigenvalue weighted by atomic mass is 10.0. The van der Waals surface area contributed by atoms with E-state index in [0.29, 0.717) is 18.0 Å². The number of methoxy groups -OCH3 is 1. The second-order valence-corrected chi connectivity index (χ2v) is 6.14. The molecule has 0 aromatic heterocycles. The molecule has 0 spiro atoms. The Hall–Kier alpha value is -0.910. The molecule has 2 N–H and O–H groups in total. The molecule has 0 radical (unpaired) electrons. The first-order valence-corrected chi connectivity index (χ1v) is 7.22. The molecule has 0 aliphatic rings. The summed E-state index contributed by atoms with van der Waals surface area (Å²) in [7, 11) is -1.50. The van der Waals surface area contributed by atoms with Crippen molar-refractivity contribution in [3.8, 4) is 0 Å². The van der Waals surface area contributed by atoms with E-state index in [2.05, 4.69) is 0 Å². The zero-order valence-electron chi connectivity index (χ0n) is 10.2. The minimum absolute atomic E-state index is 0.110. The summed E-state index contributed by atoms with van der Waals surface area (Å²) in [6.07, 6.45) is 0. The molecule has 1 aromatic carbocycles. The number of ether oxygens (including phenoxy) is 1. The zero-order chi connectivity index (χ0) is 12.9. The molecule has 0 fully saturated rings. The van der Waals surface area contributed by atoms with Gasteiger partial charge in [0.1, 0.15) is 0 Å². The smallest absolute Gasteiger partial charge is 0.178 e. The largest absolute Gasteiger partial charge is 0.384 e. The summed E-state index contributed by atoms with van der Waals surface area (Å²) in [5, 5.41) is 0. The topological polar surface area (TPSA) is 69.4 Å². The maximum atomic E-state index is 11.6. The van der Waals surface area contributed by atoms with Gasteiger partial charge in [0.05, 0.1) is 17.3 Å². The summed E-state index contributed by atoms with van der Waals surface area (Å²) >= 11 is 0. The predicted molar refractivity (Wildman–Crippen MR) is 67.8 cm³/mol. The summed E-state index contributed by atoms with van der Waals surface area (Å²) in [5.41, 5.74) is 6.65. The Bertz CT molecular complexity index is 439. The van der Waals surface area contributed by atoms with Gasteiger partial charge in [0.25, 0.3) is 0 Å². The zero-order valence-corrected chi connectivity index (χ0v) is 11.0. The van der Waals surface area contributed by atoms with Crippen LogP contribution in [0.15, 0.2) is 29.2 Å². The monoisotopic (exact) mass is 257 g/mol. The third kappa shape index (κ3) is 3.52. The summed E-state index contributed by atoms with van der Waals surface area (Å²) in [4.78, 5) is 0.358. The van der Waals surface area contributed by atoms with Crippen molar-refractivity contribution >= 4 is 9.84 Å². The van der Waals surface area contributed by atoms with Gasteiger partial charge in [-0.05, 0) is 17.7 Å². The molecule has 0 heterocycles. The van der Waals surface area contributed by atoms with E-state index in [4.69, 9.17) is 10.5 Å². The normalized spacial score (nSPS) is 13.6. The number of sulfone groups is 1. The number of benzene rings is 1. The standard InChI is InChI=1S/C12H19NO3S/c1-3-17(14,15)12-6-4-10(5-7-12)11(8-13)9-16-2/h4-7,11H,3,8-9,13H2,1-2H3. The molecular weight excluding hydrogens is 238 g/mol.